The third kappa shape index (κ3) is 9.99. The van der Waals surface area contributed by atoms with Gasteiger partial charge in [0.15, 0.2) is 11.2 Å². The molecule has 0 radical (unpaired) electrons. The molecule has 13 nitrogen and oxygen atoms in total. The predicted molar refractivity (Wildman–Crippen MR) is 213 cm³/mol. The Morgan fingerprint density at radius 2 is 1.32 bits per heavy atom. The molecule has 19 heteroatoms. The maximum atomic E-state index is 14.7. The molecule has 0 unspecified atom stereocenters. The number of rotatable bonds is 3. The van der Waals surface area contributed by atoms with Crippen LogP contribution in [0.3, 0.4) is 0 Å². The van der Waals surface area contributed by atoms with Crippen molar-refractivity contribution in [2.24, 2.45) is 0 Å². The number of alkyl halides is 3. The molecule has 0 N–H and O–H groups in total. The summed E-state index contributed by atoms with van der Waals surface area (Å²) in [5, 5.41) is 0. The molecule has 0 bridgehead atoms. The van der Waals surface area contributed by atoms with Gasteiger partial charge >= 0.3 is 18.4 Å². The van der Waals surface area contributed by atoms with Crippen molar-refractivity contribution in [3.8, 4) is 11.3 Å². The molecule has 2 fully saturated rings. The van der Waals surface area contributed by atoms with Crippen LogP contribution in [0.2, 0.25) is 0 Å². The van der Waals surface area contributed by atoms with Crippen LogP contribution in [-0.2, 0) is 15.7 Å². The quantitative estimate of drug-likeness (QED) is 0.161. The van der Waals surface area contributed by atoms with Gasteiger partial charge < -0.3 is 37.9 Å². The van der Waals surface area contributed by atoms with Gasteiger partial charge in [0, 0.05) is 69.2 Å². The highest BCUT2D eigenvalue weighted by molar-refractivity contribution is 9.10. The second kappa shape index (κ2) is 16.5. The lowest BCUT2D eigenvalue weighted by atomic mass is 10.0. The zero-order valence-corrected chi connectivity index (χ0v) is 35.4. The lowest BCUT2D eigenvalue weighted by molar-refractivity contribution is -0.138. The number of aromatic nitrogens is 3. The summed E-state index contributed by atoms with van der Waals surface area (Å²) in [6.07, 6.45) is -4.32. The van der Waals surface area contributed by atoms with Gasteiger partial charge in [-0.05, 0) is 95.6 Å². The van der Waals surface area contributed by atoms with Gasteiger partial charge in [0.25, 0.3) is 12.0 Å². The largest absolute Gasteiger partial charge is 0.444 e. The zero-order chi connectivity index (χ0) is 43.2. The van der Waals surface area contributed by atoms with Crippen LogP contribution in [0.25, 0.3) is 33.5 Å². The Hall–Kier alpha value is -5.20. The first-order chi connectivity index (χ1) is 27.5. The van der Waals surface area contributed by atoms with Crippen LogP contribution in [-0.4, -0.2) is 99.5 Å². The van der Waals surface area contributed by atoms with Crippen LogP contribution < -0.4 is 9.80 Å². The average molecular weight is 895 g/mol. The second-order valence-electron chi connectivity index (χ2n) is 16.3. The second-order valence-corrected chi connectivity index (χ2v) is 17.2. The summed E-state index contributed by atoms with van der Waals surface area (Å²) in [7, 11) is 0. The van der Waals surface area contributed by atoms with Crippen molar-refractivity contribution in [1.29, 1.82) is 0 Å². The van der Waals surface area contributed by atoms with Crippen molar-refractivity contribution >= 4 is 62.3 Å². The van der Waals surface area contributed by atoms with Crippen molar-refractivity contribution < 1.29 is 49.8 Å². The molecule has 3 aromatic heterocycles. The Morgan fingerprint density at radius 3 is 1.81 bits per heavy atom. The number of hydrogen-bond acceptors (Lipinski definition) is 11. The maximum absolute atomic E-state index is 14.7. The first kappa shape index (κ1) is 43.4. The monoisotopic (exact) mass is 893 g/mol. The van der Waals surface area contributed by atoms with Crippen molar-refractivity contribution in [1.82, 2.24) is 24.8 Å². The molecule has 2 atom stereocenters. The van der Waals surface area contributed by atoms with Gasteiger partial charge in [-0.15, -0.1) is 0 Å². The van der Waals surface area contributed by atoms with E-state index in [4.69, 9.17) is 18.3 Å². The van der Waals surface area contributed by atoms with Gasteiger partial charge in [-0.1, -0.05) is 6.07 Å². The van der Waals surface area contributed by atoms with Crippen LogP contribution in [0, 0.1) is 11.6 Å². The first-order valence-electron chi connectivity index (χ1n) is 18.9. The smallest absolute Gasteiger partial charge is 0.421 e. The van der Waals surface area contributed by atoms with E-state index in [0.717, 1.165) is 6.07 Å². The van der Waals surface area contributed by atoms with Gasteiger partial charge in [-0.25, -0.2) is 18.4 Å². The molecule has 2 saturated heterocycles. The molecule has 318 valence electrons. The summed E-state index contributed by atoms with van der Waals surface area (Å²) in [6, 6.07) is 8.29. The number of benzene rings is 2. The maximum Gasteiger partial charge on any atom is 0.421 e. The lowest BCUT2D eigenvalue weighted by Crippen LogP contribution is -2.54. The van der Waals surface area contributed by atoms with E-state index in [2.05, 4.69) is 30.9 Å². The van der Waals surface area contributed by atoms with Crippen LogP contribution in [0.15, 0.2) is 55.9 Å². The Balaban J connectivity index is 0.000000208. The number of oxazole rings is 2. The van der Waals surface area contributed by atoms with Gasteiger partial charge in [0.05, 0.1) is 10.2 Å². The summed E-state index contributed by atoms with van der Waals surface area (Å²) >= 11 is 3.29. The number of carbonyl (C=O) groups is 2. The number of ether oxygens (including phenoxy) is 2. The number of amides is 2. The average Bonchev–Trinajstić information content (AvgIpc) is 3.75. The minimum absolute atomic E-state index is 0.00190. The van der Waals surface area contributed by atoms with Gasteiger partial charge in [-0.3, -0.25) is 4.98 Å². The molecule has 59 heavy (non-hydrogen) atoms. The molecule has 2 aromatic carbocycles. The summed E-state index contributed by atoms with van der Waals surface area (Å²) in [5.41, 5.74) is -2.19. The lowest BCUT2D eigenvalue weighted by Gasteiger charge is -2.39. The molecule has 7 rings (SSSR count). The highest BCUT2D eigenvalue weighted by Gasteiger charge is 2.41. The minimum Gasteiger partial charge on any atom is -0.444 e. The number of piperazine rings is 2. The fraction of sp³-hybridized carbons (Fsp3) is 0.475. The molecule has 2 amide bonds. The summed E-state index contributed by atoms with van der Waals surface area (Å²) in [5.74, 6) is -1.83. The normalized spacial score (nSPS) is 17.9. The molecule has 0 saturated carbocycles. The molecular weight excluding hydrogens is 849 g/mol. The molecule has 2 aliphatic heterocycles. The van der Waals surface area contributed by atoms with Gasteiger partial charge in [0.2, 0.25) is 0 Å². The van der Waals surface area contributed by atoms with Crippen LogP contribution in [0.4, 0.5) is 43.6 Å². The van der Waals surface area contributed by atoms with Crippen LogP contribution >= 0.6 is 15.9 Å². The van der Waals surface area contributed by atoms with E-state index >= 15 is 0 Å². The molecule has 0 aliphatic carbocycles. The number of anilines is 2. The SMILES string of the molecule is C[C@H]1CN(C(=O)OC(C)(C)C)CCN1c1nc2c(C(F)(F)F)c(F)cc(-c3ccccn3)c2o1.C[C@H]1CN(C(=O)OC(C)(C)C)CCN1c1nc2cc(F)cc(Br)c2o1. The van der Waals surface area contributed by atoms with Gasteiger partial charge in [-0.2, -0.15) is 23.1 Å². The third-order valence-electron chi connectivity index (χ3n) is 9.28. The van der Waals surface area contributed by atoms with Gasteiger partial charge in [0.1, 0.15) is 39.4 Å². The minimum atomic E-state index is -4.97. The van der Waals surface area contributed by atoms with Crippen molar-refractivity contribution in [2.75, 3.05) is 49.1 Å². The highest BCUT2D eigenvalue weighted by Crippen LogP contribution is 2.42. The fourth-order valence-corrected chi connectivity index (χ4v) is 7.19. The first-order valence-corrected chi connectivity index (χ1v) is 19.6. The number of halogens is 6. The number of nitrogens with zero attached hydrogens (tertiary/aromatic N) is 7. The van der Waals surface area contributed by atoms with Crippen LogP contribution in [0.5, 0.6) is 0 Å². The topological polar surface area (TPSA) is 131 Å². The van der Waals surface area contributed by atoms with Crippen LogP contribution in [0.1, 0.15) is 61.0 Å². The Bertz CT molecular complexity index is 2330. The highest BCUT2D eigenvalue weighted by atomic mass is 79.9. The zero-order valence-electron chi connectivity index (χ0n) is 33.8. The predicted octanol–water partition coefficient (Wildman–Crippen LogP) is 9.67. The number of pyridine rings is 1. The number of carbonyl (C=O) groups excluding carboxylic acids is 2. The molecule has 2 aliphatic rings. The van der Waals surface area contributed by atoms with E-state index in [-0.39, 0.29) is 66.5 Å². The van der Waals surface area contributed by atoms with Crippen molar-refractivity contribution in [2.45, 2.75) is 84.9 Å². The molecular formula is C40H45BrF5N7O6. The third-order valence-corrected chi connectivity index (χ3v) is 9.87. The summed E-state index contributed by atoms with van der Waals surface area (Å²) < 4.78 is 92.3. The summed E-state index contributed by atoms with van der Waals surface area (Å²) in [4.78, 5) is 44.1. The summed E-state index contributed by atoms with van der Waals surface area (Å²) in [6.45, 7) is 16.9. The van der Waals surface area contributed by atoms with E-state index in [9.17, 15) is 31.5 Å². The number of fused-ring (bicyclic) bond motifs is 2. The standard InChI is InChI=1S/C23H24F4N4O3.C17H21BrFN3O3/c1-13-12-30(21(32)34-22(2,3)4)9-10-31(13)20-29-18-17(23(25,26)27)15(24)11-14(19(18)33-20)16-7-5-6-8-28-16;1-10-9-21(16(23)25-17(2,3)4)5-6-22(10)15-20-13-8-11(19)7-12(18)14(13)24-15/h5-8,11,13H,9-10,12H2,1-4H3;7-8,10H,5-6,9H2,1-4H3/t13-;10-/m00/s1. The van der Waals surface area contributed by atoms with E-state index in [0.29, 0.717) is 41.2 Å². The van der Waals surface area contributed by atoms with E-state index in [1.54, 1.807) is 55.7 Å². The van der Waals surface area contributed by atoms with E-state index in [1.807, 2.05) is 32.6 Å². The van der Waals surface area contributed by atoms with Crippen molar-refractivity contribution in [3.05, 3.63) is 64.3 Å². The Morgan fingerprint density at radius 1 is 0.780 bits per heavy atom. The Labute approximate surface area is 345 Å². The van der Waals surface area contributed by atoms with E-state index < -0.39 is 40.4 Å². The fourth-order valence-electron chi connectivity index (χ4n) is 6.68. The Kier molecular flexibility index (Phi) is 12.1. The van der Waals surface area contributed by atoms with Crippen molar-refractivity contribution in [3.63, 3.8) is 0 Å². The molecule has 5 heterocycles. The number of hydrogen-bond donors (Lipinski definition) is 0. The molecule has 5 aromatic rings. The van der Waals surface area contributed by atoms with E-state index in [1.165, 1.54) is 23.2 Å². The molecule has 0 spiro atoms.